The Bertz CT molecular complexity index is 1120. The molecule has 0 fully saturated rings. The molecule has 0 atom stereocenters. The van der Waals surface area contributed by atoms with Gasteiger partial charge in [0.05, 0.1) is 14.2 Å². The summed E-state index contributed by atoms with van der Waals surface area (Å²) in [6.45, 7) is 0.547. The van der Waals surface area contributed by atoms with Crippen LogP contribution in [-0.2, 0) is 13.0 Å². The topological polar surface area (TPSA) is 82.5 Å². The van der Waals surface area contributed by atoms with Crippen LogP contribution in [0.2, 0.25) is 5.02 Å². The number of carbonyl (C=O) groups is 2. The lowest BCUT2D eigenvalue weighted by Gasteiger charge is -2.10. The fraction of sp³-hybridized carbons (Fsp3) is 0.208. The molecule has 0 spiro atoms. The Balaban J connectivity index is 0.00000363. The van der Waals surface area contributed by atoms with Crippen molar-refractivity contribution in [2.75, 3.05) is 14.2 Å². The third-order valence-electron chi connectivity index (χ3n) is 4.95. The molecular formula is C24H24BrClN2O4. The fourth-order valence-electron chi connectivity index (χ4n) is 3.35. The van der Waals surface area contributed by atoms with Crippen LogP contribution in [0.3, 0.4) is 0 Å². The molecule has 0 unspecified atom stereocenters. The van der Waals surface area contributed by atoms with Crippen LogP contribution in [0, 0.1) is 0 Å². The van der Waals surface area contributed by atoms with Gasteiger partial charge in [-0.25, -0.2) is 0 Å². The molecule has 2 aromatic carbocycles. The van der Waals surface area contributed by atoms with Crippen LogP contribution in [0.5, 0.6) is 11.5 Å². The number of nitrogens with zero attached hydrogens (tertiary/aromatic N) is 1. The summed E-state index contributed by atoms with van der Waals surface area (Å²) in [6, 6.07) is 14.4. The normalized spacial score (nSPS) is 10.2. The highest BCUT2D eigenvalue weighted by Crippen LogP contribution is 2.28. The van der Waals surface area contributed by atoms with Gasteiger partial charge in [0.1, 0.15) is 5.56 Å². The number of benzene rings is 2. The lowest BCUT2D eigenvalue weighted by Crippen LogP contribution is -3.00. The highest BCUT2D eigenvalue weighted by molar-refractivity contribution is 6.30. The molecular weight excluding hydrogens is 496 g/mol. The number of hydrogen-bond acceptors (Lipinski definition) is 4. The van der Waals surface area contributed by atoms with Crippen LogP contribution in [0.25, 0.3) is 0 Å². The Morgan fingerprint density at radius 1 is 1.03 bits per heavy atom. The Kier molecular flexibility index (Phi) is 9.23. The van der Waals surface area contributed by atoms with Gasteiger partial charge in [-0.15, -0.1) is 0 Å². The third-order valence-corrected chi connectivity index (χ3v) is 5.19. The summed E-state index contributed by atoms with van der Waals surface area (Å²) in [7, 11) is 3.06. The predicted octanol–water partition coefficient (Wildman–Crippen LogP) is 0.611. The molecule has 0 aliphatic rings. The summed E-state index contributed by atoms with van der Waals surface area (Å²) < 4.78 is 12.3. The molecule has 1 amide bonds. The van der Waals surface area contributed by atoms with E-state index in [2.05, 4.69) is 0 Å². The molecule has 3 rings (SSSR count). The van der Waals surface area contributed by atoms with Crippen LogP contribution in [0.15, 0.2) is 60.9 Å². The number of hydrogen-bond donors (Lipinski definition) is 1. The zero-order valence-corrected chi connectivity index (χ0v) is 20.2. The number of aromatic nitrogens is 1. The molecule has 32 heavy (non-hydrogen) atoms. The molecule has 0 aliphatic carbocycles. The quantitative estimate of drug-likeness (QED) is 0.332. The summed E-state index contributed by atoms with van der Waals surface area (Å²) in [6.07, 6.45) is 4.19. The van der Waals surface area contributed by atoms with E-state index in [-0.39, 0.29) is 29.2 Å². The third kappa shape index (κ3) is 6.31. The number of halogens is 2. The number of carbonyl (C=O) groups excluding carboxylic acids is 2. The van der Waals surface area contributed by atoms with Gasteiger partial charge >= 0.3 is 0 Å². The van der Waals surface area contributed by atoms with Crippen molar-refractivity contribution in [1.82, 2.24) is 0 Å². The number of nitrogens with two attached hydrogens (primary N) is 1. The van der Waals surface area contributed by atoms with Crippen molar-refractivity contribution in [3.8, 4) is 11.5 Å². The summed E-state index contributed by atoms with van der Waals surface area (Å²) in [5.74, 6) is 0.455. The van der Waals surface area contributed by atoms with E-state index >= 15 is 0 Å². The van der Waals surface area contributed by atoms with Crippen molar-refractivity contribution in [1.29, 1.82) is 0 Å². The van der Waals surface area contributed by atoms with E-state index < -0.39 is 5.91 Å². The van der Waals surface area contributed by atoms with Crippen LogP contribution in [0.4, 0.5) is 0 Å². The average Bonchev–Trinajstić information content (AvgIpc) is 2.77. The minimum Gasteiger partial charge on any atom is -1.00 e. The van der Waals surface area contributed by atoms with Gasteiger partial charge in [-0.05, 0) is 42.3 Å². The Hall–Kier alpha value is -2.90. The zero-order valence-electron chi connectivity index (χ0n) is 17.8. The van der Waals surface area contributed by atoms with E-state index in [0.29, 0.717) is 40.6 Å². The van der Waals surface area contributed by atoms with E-state index in [0.717, 1.165) is 11.1 Å². The van der Waals surface area contributed by atoms with Crippen molar-refractivity contribution in [3.63, 3.8) is 0 Å². The Morgan fingerprint density at radius 2 is 1.78 bits per heavy atom. The van der Waals surface area contributed by atoms with Crippen LogP contribution in [-0.4, -0.2) is 25.9 Å². The number of rotatable bonds is 9. The smallest absolute Gasteiger partial charge is 0.255 e. The number of ether oxygens (including phenoxy) is 2. The SMILES string of the molecule is COc1ccc(C(=O)CCc2cc[n+](Cc3cccc(Cl)c3)cc2C(N)=O)cc1OC.[Br-]. The minimum absolute atomic E-state index is 0. The molecule has 8 heteroatoms. The molecule has 0 saturated carbocycles. The lowest BCUT2D eigenvalue weighted by atomic mass is 9.99. The molecule has 1 heterocycles. The molecule has 3 aromatic rings. The summed E-state index contributed by atoms with van der Waals surface area (Å²) in [5, 5.41) is 0.651. The van der Waals surface area contributed by atoms with Crippen LogP contribution in [0.1, 0.15) is 38.3 Å². The first-order valence-corrected chi connectivity index (χ1v) is 10.1. The molecule has 0 bridgehead atoms. The summed E-state index contributed by atoms with van der Waals surface area (Å²) >= 11 is 6.05. The second kappa shape index (κ2) is 11.6. The molecule has 0 aliphatic heterocycles. The maximum atomic E-state index is 12.7. The summed E-state index contributed by atoms with van der Waals surface area (Å²) in [4.78, 5) is 24.7. The minimum atomic E-state index is -0.533. The standard InChI is InChI=1S/C24H23ClN2O4.BrH/c1-30-22-9-7-18(13-23(22)31-2)21(28)8-6-17-10-11-27(15-20(17)24(26)29)14-16-4-3-5-19(25)12-16;/h3-5,7,9-13,15H,6,8,14H2,1-2H3,(H-,26,29);1H. The van der Waals surface area contributed by atoms with Gasteiger partial charge in [-0.2, -0.15) is 4.57 Å². The van der Waals surface area contributed by atoms with Gasteiger partial charge < -0.3 is 32.2 Å². The maximum absolute atomic E-state index is 12.7. The molecule has 1 aromatic heterocycles. The van der Waals surface area contributed by atoms with Crippen molar-refractivity contribution >= 4 is 23.3 Å². The van der Waals surface area contributed by atoms with Crippen molar-refractivity contribution in [3.05, 3.63) is 88.2 Å². The van der Waals surface area contributed by atoms with E-state index in [1.807, 2.05) is 41.1 Å². The van der Waals surface area contributed by atoms with E-state index in [4.69, 9.17) is 26.8 Å². The highest BCUT2D eigenvalue weighted by atomic mass is 79.9. The number of methoxy groups -OCH3 is 2. The zero-order chi connectivity index (χ0) is 22.4. The van der Waals surface area contributed by atoms with Crippen LogP contribution < -0.4 is 36.8 Å². The fourth-order valence-corrected chi connectivity index (χ4v) is 3.57. The van der Waals surface area contributed by atoms with Crippen molar-refractivity contribution in [2.45, 2.75) is 19.4 Å². The molecule has 2 N–H and O–H groups in total. The largest absolute Gasteiger partial charge is 1.00 e. The van der Waals surface area contributed by atoms with E-state index in [1.165, 1.54) is 7.11 Å². The van der Waals surface area contributed by atoms with Crippen molar-refractivity contribution < 1.29 is 40.6 Å². The van der Waals surface area contributed by atoms with Crippen LogP contribution >= 0.6 is 11.6 Å². The monoisotopic (exact) mass is 518 g/mol. The van der Waals surface area contributed by atoms with Crippen molar-refractivity contribution in [2.24, 2.45) is 5.73 Å². The molecule has 0 radical (unpaired) electrons. The van der Waals surface area contributed by atoms with Gasteiger partial charge in [0.15, 0.2) is 36.2 Å². The lowest BCUT2D eigenvalue weighted by molar-refractivity contribution is -0.688. The molecule has 168 valence electrons. The van der Waals surface area contributed by atoms with Gasteiger partial charge in [-0.1, -0.05) is 23.7 Å². The first kappa shape index (κ1) is 25.4. The van der Waals surface area contributed by atoms with Gasteiger partial charge in [0, 0.05) is 28.6 Å². The highest BCUT2D eigenvalue weighted by Gasteiger charge is 2.17. The first-order valence-electron chi connectivity index (χ1n) is 9.72. The van der Waals surface area contributed by atoms with E-state index in [1.54, 1.807) is 31.5 Å². The van der Waals surface area contributed by atoms with Gasteiger partial charge in [0.2, 0.25) is 0 Å². The second-order valence-corrected chi connectivity index (χ2v) is 7.48. The number of amides is 1. The number of primary amides is 1. The number of Topliss-reactive ketones (excluding diaryl/α,β-unsaturated/α-hetero) is 1. The first-order chi connectivity index (χ1) is 14.9. The average molecular weight is 520 g/mol. The second-order valence-electron chi connectivity index (χ2n) is 7.04. The van der Waals surface area contributed by atoms with E-state index in [9.17, 15) is 9.59 Å². The van der Waals surface area contributed by atoms with Gasteiger partial charge in [0.25, 0.3) is 5.91 Å². The number of pyridine rings is 1. The van der Waals surface area contributed by atoms with Gasteiger partial charge in [-0.3, -0.25) is 9.59 Å². The summed E-state index contributed by atoms with van der Waals surface area (Å²) in [5.41, 5.74) is 8.24. The molecule has 6 nitrogen and oxygen atoms in total. The Labute approximate surface area is 202 Å². The Morgan fingerprint density at radius 3 is 2.44 bits per heavy atom. The molecule has 0 saturated heterocycles. The number of ketones is 1. The number of aryl methyl sites for hydroxylation is 1. The maximum Gasteiger partial charge on any atom is 0.255 e. The predicted molar refractivity (Wildman–Crippen MR) is 118 cm³/mol.